The first-order valence-electron chi connectivity index (χ1n) is 11.2. The van der Waals surface area contributed by atoms with Crippen molar-refractivity contribution < 1.29 is 37.7 Å². The summed E-state index contributed by atoms with van der Waals surface area (Å²) < 4.78 is 42.5. The third-order valence-electron chi connectivity index (χ3n) is 6.03. The van der Waals surface area contributed by atoms with Crippen molar-refractivity contribution in [2.75, 3.05) is 20.3 Å². The lowest BCUT2D eigenvalue weighted by Gasteiger charge is -2.44. The normalized spacial score (nSPS) is 27.3. The van der Waals surface area contributed by atoms with Crippen LogP contribution in [0.1, 0.15) is 26.5 Å². The number of hydrogen-bond acceptors (Lipinski definition) is 10. The van der Waals surface area contributed by atoms with Gasteiger partial charge in [-0.1, -0.05) is 18.2 Å². The first kappa shape index (κ1) is 26.3. The van der Waals surface area contributed by atoms with Gasteiger partial charge in [0.15, 0.2) is 6.23 Å². The average Bonchev–Trinajstić information content (AvgIpc) is 3.09. The van der Waals surface area contributed by atoms with Gasteiger partial charge in [-0.3, -0.25) is 23.7 Å². The van der Waals surface area contributed by atoms with Gasteiger partial charge in [0.1, 0.15) is 29.1 Å². The van der Waals surface area contributed by atoms with Gasteiger partial charge in [-0.25, -0.2) is 9.36 Å². The minimum atomic E-state index is -4.25. The summed E-state index contributed by atoms with van der Waals surface area (Å²) in [5.74, 6) is -0.502. The lowest BCUT2D eigenvalue weighted by molar-refractivity contribution is -0.227. The highest BCUT2D eigenvalue weighted by atomic mass is 31.2. The zero-order chi connectivity index (χ0) is 26.1. The molecule has 3 heterocycles. The van der Waals surface area contributed by atoms with Crippen molar-refractivity contribution in [1.29, 1.82) is 0 Å². The molecule has 0 amide bonds. The number of H-pyrrole nitrogens is 1. The van der Waals surface area contributed by atoms with Crippen LogP contribution in [0.2, 0.25) is 0 Å². The summed E-state index contributed by atoms with van der Waals surface area (Å²) >= 11 is 0. The number of ether oxygens (including phenoxy) is 3. The Hall–Kier alpha value is -2.80. The summed E-state index contributed by atoms with van der Waals surface area (Å²) in [5, 5.41) is 13.6. The van der Waals surface area contributed by atoms with E-state index >= 15 is 0 Å². The molecule has 4 rings (SSSR count). The fraction of sp³-hybridized carbons (Fsp3) is 0.500. The molecule has 13 nitrogen and oxygen atoms in total. The largest absolute Gasteiger partial charge is 0.468 e. The molecular formula is C22H28N3O10P. The standard InChI is InChI=1S/C22H28N3O10P/c1-21(2,19(28)31-3)24-36(30,35-14-7-5-4-6-8-14)33-13-15-17(27)22(10-12-32-22)18(34-15)25-11-9-16(26)23-20(25)29/h4-9,11,15,17-18,27H,10,12-13H2,1-3H3,(H,24,30)(H,23,26,29). The quantitative estimate of drug-likeness (QED) is 0.311. The summed E-state index contributed by atoms with van der Waals surface area (Å²) in [7, 11) is -3.06. The summed E-state index contributed by atoms with van der Waals surface area (Å²) in [4.78, 5) is 38.2. The molecule has 0 saturated carbocycles. The summed E-state index contributed by atoms with van der Waals surface area (Å²) in [6.45, 7) is 2.77. The minimum absolute atomic E-state index is 0.207. The predicted molar refractivity (Wildman–Crippen MR) is 124 cm³/mol. The number of aromatic amines is 1. The van der Waals surface area contributed by atoms with E-state index in [-0.39, 0.29) is 5.75 Å². The minimum Gasteiger partial charge on any atom is -0.468 e. The Morgan fingerprint density at radius 3 is 2.58 bits per heavy atom. The monoisotopic (exact) mass is 525 g/mol. The van der Waals surface area contributed by atoms with Gasteiger partial charge >= 0.3 is 19.4 Å². The van der Waals surface area contributed by atoms with Crippen molar-refractivity contribution >= 4 is 13.7 Å². The molecule has 2 aliphatic rings. The number of benzene rings is 1. The van der Waals surface area contributed by atoms with Crippen LogP contribution in [0.5, 0.6) is 5.75 Å². The van der Waals surface area contributed by atoms with Gasteiger partial charge in [-0.15, -0.1) is 0 Å². The fourth-order valence-electron chi connectivity index (χ4n) is 4.14. The van der Waals surface area contributed by atoms with Crippen LogP contribution >= 0.6 is 7.75 Å². The second kappa shape index (κ2) is 9.92. The van der Waals surface area contributed by atoms with Crippen LogP contribution in [-0.4, -0.2) is 64.3 Å². The molecule has 2 fully saturated rings. The van der Waals surface area contributed by atoms with E-state index in [0.717, 1.165) is 10.6 Å². The Morgan fingerprint density at radius 1 is 1.31 bits per heavy atom. The van der Waals surface area contributed by atoms with E-state index in [1.165, 1.54) is 27.2 Å². The van der Waals surface area contributed by atoms with Crippen LogP contribution in [0.3, 0.4) is 0 Å². The first-order chi connectivity index (χ1) is 17.0. The molecular weight excluding hydrogens is 497 g/mol. The van der Waals surface area contributed by atoms with Crippen molar-refractivity contribution in [3.05, 3.63) is 63.4 Å². The Bertz CT molecular complexity index is 1260. The molecule has 2 aliphatic heterocycles. The summed E-state index contributed by atoms with van der Waals surface area (Å²) in [6.07, 6.45) is -1.83. The van der Waals surface area contributed by atoms with Crippen LogP contribution in [0.25, 0.3) is 0 Å². The number of methoxy groups -OCH3 is 1. The number of para-hydroxylation sites is 1. The number of esters is 1. The number of carbonyl (C=O) groups excluding carboxylic acids is 1. The molecule has 2 saturated heterocycles. The van der Waals surface area contributed by atoms with E-state index < -0.39 is 61.1 Å². The lowest BCUT2D eigenvalue weighted by Crippen LogP contribution is -2.57. The third-order valence-corrected chi connectivity index (χ3v) is 7.80. The number of nitrogens with one attached hydrogen (secondary N) is 2. The van der Waals surface area contributed by atoms with Gasteiger partial charge in [0.05, 0.1) is 20.3 Å². The maximum absolute atomic E-state index is 13.7. The first-order valence-corrected chi connectivity index (χ1v) is 12.7. The third kappa shape index (κ3) is 5.03. The molecule has 0 bridgehead atoms. The Labute approximate surface area is 205 Å². The zero-order valence-electron chi connectivity index (χ0n) is 19.9. The van der Waals surface area contributed by atoms with Gasteiger partial charge in [0.25, 0.3) is 5.56 Å². The smallest absolute Gasteiger partial charge is 0.459 e. The molecule has 1 spiro atoms. The summed E-state index contributed by atoms with van der Waals surface area (Å²) in [6, 6.07) is 9.33. The zero-order valence-corrected chi connectivity index (χ0v) is 20.8. The van der Waals surface area contributed by atoms with Gasteiger partial charge in [-0.2, -0.15) is 5.09 Å². The number of hydrogen-bond donors (Lipinski definition) is 3. The maximum atomic E-state index is 13.7. The molecule has 14 heteroatoms. The molecule has 1 aromatic carbocycles. The van der Waals surface area contributed by atoms with Gasteiger partial charge in [0.2, 0.25) is 0 Å². The van der Waals surface area contributed by atoms with Gasteiger partial charge in [0, 0.05) is 18.7 Å². The molecule has 3 N–H and O–H groups in total. The maximum Gasteiger partial charge on any atom is 0.459 e. The molecule has 5 atom stereocenters. The average molecular weight is 525 g/mol. The molecule has 196 valence electrons. The second-order valence-electron chi connectivity index (χ2n) is 8.97. The van der Waals surface area contributed by atoms with Gasteiger partial charge in [-0.05, 0) is 26.0 Å². The van der Waals surface area contributed by atoms with Crippen molar-refractivity contribution in [1.82, 2.24) is 14.6 Å². The lowest BCUT2D eigenvalue weighted by atomic mass is 9.86. The SMILES string of the molecule is COC(=O)C(C)(C)NP(=O)(OCC1OC(n2ccc(=O)[nH]c2=O)C2(CCO2)C1O)Oc1ccccc1. The highest BCUT2D eigenvalue weighted by molar-refractivity contribution is 7.52. The van der Waals surface area contributed by atoms with E-state index in [0.29, 0.717) is 13.0 Å². The molecule has 0 aliphatic carbocycles. The van der Waals surface area contributed by atoms with E-state index in [9.17, 15) is 24.1 Å². The number of carbonyl (C=O) groups is 1. The van der Waals surface area contributed by atoms with Crippen LogP contribution < -0.4 is 20.9 Å². The highest BCUT2D eigenvalue weighted by Gasteiger charge is 2.62. The molecule has 0 radical (unpaired) electrons. The fourth-order valence-corrected chi connectivity index (χ4v) is 5.82. The van der Waals surface area contributed by atoms with Crippen LogP contribution in [0.15, 0.2) is 52.2 Å². The molecule has 36 heavy (non-hydrogen) atoms. The van der Waals surface area contributed by atoms with Gasteiger partial charge < -0.3 is 23.8 Å². The molecule has 1 aromatic heterocycles. The number of rotatable bonds is 9. The van der Waals surface area contributed by atoms with Crippen molar-refractivity contribution in [3.8, 4) is 5.75 Å². The van der Waals surface area contributed by atoms with E-state index in [2.05, 4.69) is 10.1 Å². The Balaban J connectivity index is 1.57. The van der Waals surface area contributed by atoms with Crippen LogP contribution in [0, 0.1) is 0 Å². The van der Waals surface area contributed by atoms with E-state index in [1.807, 2.05) is 0 Å². The van der Waals surface area contributed by atoms with E-state index in [1.54, 1.807) is 30.3 Å². The molecule has 2 aromatic rings. The number of nitrogens with zero attached hydrogens (tertiary/aromatic N) is 1. The van der Waals surface area contributed by atoms with Crippen LogP contribution in [-0.2, 0) is 28.1 Å². The number of aliphatic hydroxyl groups is 1. The predicted octanol–water partition coefficient (Wildman–Crippen LogP) is 0.699. The topological polar surface area (TPSA) is 167 Å². The highest BCUT2D eigenvalue weighted by Crippen LogP contribution is 2.51. The number of aromatic nitrogens is 2. The van der Waals surface area contributed by atoms with Crippen molar-refractivity contribution in [3.63, 3.8) is 0 Å². The van der Waals surface area contributed by atoms with Crippen LogP contribution in [0.4, 0.5) is 0 Å². The Morgan fingerprint density at radius 2 is 2.00 bits per heavy atom. The van der Waals surface area contributed by atoms with E-state index in [4.69, 9.17) is 23.3 Å². The second-order valence-corrected chi connectivity index (χ2v) is 10.6. The summed E-state index contributed by atoms with van der Waals surface area (Å²) in [5.41, 5.74) is -4.05. The Kier molecular flexibility index (Phi) is 7.24. The number of aliphatic hydroxyl groups excluding tert-OH is 1. The molecule has 5 unspecified atom stereocenters. The van der Waals surface area contributed by atoms with Crippen molar-refractivity contribution in [2.45, 2.75) is 49.8 Å². The van der Waals surface area contributed by atoms with Crippen molar-refractivity contribution in [2.24, 2.45) is 0 Å².